The normalized spacial score (nSPS) is 20.4. The van der Waals surface area contributed by atoms with Crippen LogP contribution in [0.2, 0.25) is 0 Å². The van der Waals surface area contributed by atoms with E-state index in [0.717, 1.165) is 57.8 Å². The lowest BCUT2D eigenvalue weighted by molar-refractivity contribution is 0.0787. The number of imidazole rings is 1. The molecule has 4 rings (SSSR count). The predicted octanol–water partition coefficient (Wildman–Crippen LogP) is 3.26. The number of fused-ring (bicyclic) bond motifs is 1. The largest absolute Gasteiger partial charge is 0.337 e. The van der Waals surface area contributed by atoms with Gasteiger partial charge >= 0.3 is 0 Å². The second-order valence-electron chi connectivity index (χ2n) is 7.49. The molecule has 0 aliphatic carbocycles. The maximum atomic E-state index is 12.6. The van der Waals surface area contributed by atoms with Gasteiger partial charge in [0.15, 0.2) is 0 Å². The van der Waals surface area contributed by atoms with Gasteiger partial charge in [-0.15, -0.1) is 0 Å². The fraction of sp³-hybridized carbons (Fsp3) is 0.524. The van der Waals surface area contributed by atoms with Gasteiger partial charge in [0.2, 0.25) is 0 Å². The van der Waals surface area contributed by atoms with Crippen LogP contribution in [-0.4, -0.2) is 44.9 Å². The van der Waals surface area contributed by atoms with E-state index in [1.165, 1.54) is 11.1 Å². The number of rotatable bonds is 4. The summed E-state index contributed by atoms with van der Waals surface area (Å²) in [6.07, 6.45) is 5.26. The van der Waals surface area contributed by atoms with Crippen molar-refractivity contribution in [2.24, 2.45) is 0 Å². The number of likely N-dealkylation sites (tertiary alicyclic amines) is 1. The molecule has 26 heavy (non-hydrogen) atoms. The molecule has 2 aliphatic rings. The average molecular weight is 352 g/mol. The Hall–Kier alpha value is -2.14. The molecule has 3 heterocycles. The summed E-state index contributed by atoms with van der Waals surface area (Å²) in [6, 6.07) is 9.12. The van der Waals surface area contributed by atoms with Gasteiger partial charge in [0.05, 0.1) is 6.04 Å². The molecule has 1 aromatic carbocycles. The van der Waals surface area contributed by atoms with Crippen molar-refractivity contribution >= 4 is 5.91 Å². The Morgan fingerprint density at radius 2 is 1.77 bits per heavy atom. The minimum atomic E-state index is 0.0957. The zero-order valence-electron chi connectivity index (χ0n) is 15.8. The number of carbonyl (C=O) groups is 1. The minimum absolute atomic E-state index is 0.0957. The Morgan fingerprint density at radius 3 is 2.46 bits per heavy atom. The molecule has 1 amide bonds. The molecular formula is C21H28N4O. The van der Waals surface area contributed by atoms with Gasteiger partial charge in [-0.05, 0) is 37.3 Å². The van der Waals surface area contributed by atoms with E-state index < -0.39 is 0 Å². The highest BCUT2D eigenvalue weighted by atomic mass is 16.2. The summed E-state index contributed by atoms with van der Waals surface area (Å²) >= 11 is 0. The molecule has 1 atom stereocenters. The molecule has 5 heteroatoms. The van der Waals surface area contributed by atoms with Crippen molar-refractivity contribution < 1.29 is 4.79 Å². The van der Waals surface area contributed by atoms with Crippen molar-refractivity contribution in [3.63, 3.8) is 0 Å². The predicted molar refractivity (Wildman–Crippen MR) is 102 cm³/mol. The molecule has 0 radical (unpaired) electrons. The van der Waals surface area contributed by atoms with Gasteiger partial charge in [0, 0.05) is 38.9 Å². The van der Waals surface area contributed by atoms with E-state index >= 15 is 0 Å². The van der Waals surface area contributed by atoms with Crippen LogP contribution in [0.3, 0.4) is 0 Å². The van der Waals surface area contributed by atoms with Gasteiger partial charge in [-0.1, -0.05) is 31.2 Å². The molecule has 2 aromatic rings. The third-order valence-corrected chi connectivity index (χ3v) is 5.79. The van der Waals surface area contributed by atoms with E-state index in [4.69, 9.17) is 4.98 Å². The van der Waals surface area contributed by atoms with E-state index in [9.17, 15) is 4.79 Å². The Labute approximate surface area is 155 Å². The molecule has 0 saturated carbocycles. The van der Waals surface area contributed by atoms with Crippen molar-refractivity contribution in [2.45, 2.75) is 52.2 Å². The quantitative estimate of drug-likeness (QED) is 0.848. The first-order valence-corrected chi connectivity index (χ1v) is 9.84. The van der Waals surface area contributed by atoms with E-state index in [1.54, 1.807) is 0 Å². The topological polar surface area (TPSA) is 41.4 Å². The lowest BCUT2D eigenvalue weighted by Gasteiger charge is -2.33. The van der Waals surface area contributed by atoms with Gasteiger partial charge in [-0.2, -0.15) is 0 Å². The zero-order valence-corrected chi connectivity index (χ0v) is 15.8. The third-order valence-electron chi connectivity index (χ3n) is 5.79. The van der Waals surface area contributed by atoms with Crippen LogP contribution in [0, 0.1) is 0 Å². The second kappa shape index (κ2) is 7.23. The number of aromatic nitrogens is 2. The van der Waals surface area contributed by atoms with Crippen molar-refractivity contribution in [3.05, 3.63) is 53.1 Å². The summed E-state index contributed by atoms with van der Waals surface area (Å²) in [5, 5.41) is 0. The standard InChI is InChI=1S/C21H28N4O/c1-3-17-6-8-18(9-7-17)14-24-12-13-25-15-19(22-20(25)16(24)2)21(26)23-10-4-5-11-23/h6-9,15-16H,3-5,10-14H2,1-2H3/t16-/m0/s1. The fourth-order valence-electron chi connectivity index (χ4n) is 4.05. The Bertz CT molecular complexity index is 774. The number of aryl methyl sites for hydroxylation is 1. The summed E-state index contributed by atoms with van der Waals surface area (Å²) in [5.74, 6) is 1.11. The summed E-state index contributed by atoms with van der Waals surface area (Å²) in [4.78, 5) is 21.8. The van der Waals surface area contributed by atoms with Crippen LogP contribution in [0.5, 0.6) is 0 Å². The summed E-state index contributed by atoms with van der Waals surface area (Å²) < 4.78 is 2.17. The second-order valence-corrected chi connectivity index (χ2v) is 7.49. The van der Waals surface area contributed by atoms with E-state index in [0.29, 0.717) is 5.69 Å². The lowest BCUT2D eigenvalue weighted by atomic mass is 10.1. The first-order chi connectivity index (χ1) is 12.7. The van der Waals surface area contributed by atoms with Crippen molar-refractivity contribution in [2.75, 3.05) is 19.6 Å². The van der Waals surface area contributed by atoms with Gasteiger partial charge in [0.25, 0.3) is 5.91 Å². The average Bonchev–Trinajstić information content (AvgIpc) is 3.34. The highest BCUT2D eigenvalue weighted by molar-refractivity contribution is 5.92. The van der Waals surface area contributed by atoms with Crippen LogP contribution in [0.1, 0.15) is 60.2 Å². The summed E-state index contributed by atoms with van der Waals surface area (Å²) in [6.45, 7) is 8.93. The molecule has 2 aliphatic heterocycles. The zero-order chi connectivity index (χ0) is 18.1. The molecule has 0 bridgehead atoms. The van der Waals surface area contributed by atoms with Crippen LogP contribution in [0.25, 0.3) is 0 Å². The molecule has 5 nitrogen and oxygen atoms in total. The monoisotopic (exact) mass is 352 g/mol. The maximum absolute atomic E-state index is 12.6. The molecule has 1 fully saturated rings. The SMILES string of the molecule is CCc1ccc(CN2CCn3cc(C(=O)N4CCCC4)nc3[C@@H]2C)cc1. The van der Waals surface area contributed by atoms with Crippen LogP contribution < -0.4 is 0 Å². The lowest BCUT2D eigenvalue weighted by Crippen LogP contribution is -2.36. The molecule has 0 N–H and O–H groups in total. The van der Waals surface area contributed by atoms with Gasteiger partial charge < -0.3 is 9.47 Å². The smallest absolute Gasteiger partial charge is 0.274 e. The summed E-state index contributed by atoms with van der Waals surface area (Å²) in [5.41, 5.74) is 3.33. The number of hydrogen-bond acceptors (Lipinski definition) is 3. The van der Waals surface area contributed by atoms with Crippen LogP contribution >= 0.6 is 0 Å². The maximum Gasteiger partial charge on any atom is 0.274 e. The van der Waals surface area contributed by atoms with Gasteiger partial charge in [0.1, 0.15) is 11.5 Å². The van der Waals surface area contributed by atoms with E-state index in [-0.39, 0.29) is 11.9 Å². The first kappa shape index (κ1) is 17.3. The fourth-order valence-corrected chi connectivity index (χ4v) is 4.05. The van der Waals surface area contributed by atoms with Crippen LogP contribution in [-0.2, 0) is 19.5 Å². The first-order valence-electron chi connectivity index (χ1n) is 9.84. The summed E-state index contributed by atoms with van der Waals surface area (Å²) in [7, 11) is 0. The Kier molecular flexibility index (Phi) is 4.81. The van der Waals surface area contributed by atoms with Gasteiger partial charge in [-0.3, -0.25) is 9.69 Å². The van der Waals surface area contributed by atoms with Crippen LogP contribution in [0.4, 0.5) is 0 Å². The molecule has 1 aromatic heterocycles. The molecule has 0 spiro atoms. The molecule has 1 saturated heterocycles. The minimum Gasteiger partial charge on any atom is -0.337 e. The molecular weight excluding hydrogens is 324 g/mol. The Morgan fingerprint density at radius 1 is 1.08 bits per heavy atom. The highest BCUT2D eigenvalue weighted by Crippen LogP contribution is 2.27. The van der Waals surface area contributed by atoms with Gasteiger partial charge in [-0.25, -0.2) is 4.98 Å². The van der Waals surface area contributed by atoms with Crippen LogP contribution in [0.15, 0.2) is 30.5 Å². The Balaban J connectivity index is 1.48. The van der Waals surface area contributed by atoms with Crippen molar-refractivity contribution in [1.29, 1.82) is 0 Å². The number of nitrogens with zero attached hydrogens (tertiary/aromatic N) is 4. The number of benzene rings is 1. The van der Waals surface area contributed by atoms with E-state index in [2.05, 4.69) is 47.6 Å². The highest BCUT2D eigenvalue weighted by Gasteiger charge is 2.29. The number of hydrogen-bond donors (Lipinski definition) is 0. The molecule has 0 unspecified atom stereocenters. The van der Waals surface area contributed by atoms with E-state index in [1.807, 2.05) is 11.1 Å². The van der Waals surface area contributed by atoms with Crippen molar-refractivity contribution in [1.82, 2.24) is 19.4 Å². The number of carbonyl (C=O) groups excluding carboxylic acids is 1. The third kappa shape index (κ3) is 3.28. The van der Waals surface area contributed by atoms with Crippen molar-refractivity contribution in [3.8, 4) is 0 Å². The number of amides is 1. The molecule has 138 valence electrons.